The van der Waals surface area contributed by atoms with Crippen LogP contribution in [0.5, 0.6) is 5.75 Å². The SMILES string of the molecule is CCCC(C)COc1ccc([N+](=O)[O-])cc1C=O. The van der Waals surface area contributed by atoms with Crippen LogP contribution in [0.3, 0.4) is 0 Å². The summed E-state index contributed by atoms with van der Waals surface area (Å²) < 4.78 is 5.52. The lowest BCUT2D eigenvalue weighted by Crippen LogP contribution is -2.09. The van der Waals surface area contributed by atoms with Crippen molar-refractivity contribution in [2.75, 3.05) is 6.61 Å². The molecule has 0 heterocycles. The van der Waals surface area contributed by atoms with Crippen LogP contribution in [0.1, 0.15) is 37.0 Å². The number of hydrogen-bond acceptors (Lipinski definition) is 4. The van der Waals surface area contributed by atoms with E-state index in [2.05, 4.69) is 13.8 Å². The standard InChI is InChI=1S/C13H17NO4/c1-3-4-10(2)9-18-13-6-5-12(14(16)17)7-11(13)8-15/h5-8,10H,3-4,9H2,1-2H3. The Morgan fingerprint density at radius 1 is 1.50 bits per heavy atom. The van der Waals surface area contributed by atoms with E-state index in [4.69, 9.17) is 4.74 Å². The normalized spacial score (nSPS) is 11.9. The molecule has 1 rings (SSSR count). The van der Waals surface area contributed by atoms with Crippen LogP contribution in [0.15, 0.2) is 18.2 Å². The molecule has 0 spiro atoms. The second-order valence-corrected chi connectivity index (χ2v) is 4.30. The van der Waals surface area contributed by atoms with Crippen molar-refractivity contribution in [1.82, 2.24) is 0 Å². The summed E-state index contributed by atoms with van der Waals surface area (Å²) in [7, 11) is 0. The molecule has 0 aliphatic carbocycles. The van der Waals surface area contributed by atoms with Crippen molar-refractivity contribution in [2.45, 2.75) is 26.7 Å². The number of nitro benzene ring substituents is 1. The fraction of sp³-hybridized carbons (Fsp3) is 0.462. The molecule has 1 aromatic carbocycles. The lowest BCUT2D eigenvalue weighted by atomic mass is 10.1. The molecule has 0 radical (unpaired) electrons. The Kier molecular flexibility index (Phi) is 5.30. The number of non-ortho nitro benzene ring substituents is 1. The molecule has 0 aliphatic rings. The Balaban J connectivity index is 2.77. The minimum atomic E-state index is -0.531. The van der Waals surface area contributed by atoms with Crippen LogP contribution in [0.4, 0.5) is 5.69 Å². The van der Waals surface area contributed by atoms with Gasteiger partial charge in [-0.1, -0.05) is 20.3 Å². The first-order valence-electron chi connectivity index (χ1n) is 5.94. The van der Waals surface area contributed by atoms with Gasteiger partial charge in [-0.3, -0.25) is 14.9 Å². The highest BCUT2D eigenvalue weighted by Crippen LogP contribution is 2.23. The van der Waals surface area contributed by atoms with E-state index in [9.17, 15) is 14.9 Å². The molecule has 18 heavy (non-hydrogen) atoms. The van der Waals surface area contributed by atoms with E-state index < -0.39 is 4.92 Å². The molecule has 5 nitrogen and oxygen atoms in total. The third kappa shape index (κ3) is 3.84. The van der Waals surface area contributed by atoms with E-state index in [1.165, 1.54) is 18.2 Å². The largest absolute Gasteiger partial charge is 0.493 e. The van der Waals surface area contributed by atoms with E-state index in [1.807, 2.05) is 0 Å². The lowest BCUT2D eigenvalue weighted by molar-refractivity contribution is -0.384. The molecule has 1 unspecified atom stereocenters. The Labute approximate surface area is 106 Å². The topological polar surface area (TPSA) is 69.4 Å². The van der Waals surface area contributed by atoms with Crippen molar-refractivity contribution in [3.05, 3.63) is 33.9 Å². The average Bonchev–Trinajstić information content (AvgIpc) is 2.36. The Bertz CT molecular complexity index is 431. The molecule has 1 atom stereocenters. The lowest BCUT2D eigenvalue weighted by Gasteiger charge is -2.13. The van der Waals surface area contributed by atoms with Gasteiger partial charge in [0.05, 0.1) is 17.1 Å². The number of nitrogens with zero attached hydrogens (tertiary/aromatic N) is 1. The quantitative estimate of drug-likeness (QED) is 0.424. The number of carbonyl (C=O) groups excluding carboxylic acids is 1. The predicted octanol–water partition coefficient (Wildman–Crippen LogP) is 3.22. The molecule has 0 bridgehead atoms. The van der Waals surface area contributed by atoms with Gasteiger partial charge in [-0.2, -0.15) is 0 Å². The number of benzene rings is 1. The first-order valence-corrected chi connectivity index (χ1v) is 5.94. The molecular formula is C13H17NO4. The summed E-state index contributed by atoms with van der Waals surface area (Å²) >= 11 is 0. The smallest absolute Gasteiger partial charge is 0.270 e. The van der Waals surface area contributed by atoms with Gasteiger partial charge < -0.3 is 4.74 Å². The van der Waals surface area contributed by atoms with E-state index in [-0.39, 0.29) is 11.3 Å². The summed E-state index contributed by atoms with van der Waals surface area (Å²) in [5.41, 5.74) is 0.110. The van der Waals surface area contributed by atoms with Gasteiger partial charge >= 0.3 is 0 Å². The highest BCUT2D eigenvalue weighted by Gasteiger charge is 2.12. The van der Waals surface area contributed by atoms with Gasteiger partial charge in [-0.25, -0.2) is 0 Å². The summed E-state index contributed by atoms with van der Waals surface area (Å²) in [5.74, 6) is 0.795. The highest BCUT2D eigenvalue weighted by molar-refractivity contribution is 5.80. The van der Waals surface area contributed by atoms with Gasteiger partial charge in [-0.15, -0.1) is 0 Å². The fourth-order valence-corrected chi connectivity index (χ4v) is 1.68. The molecule has 0 aliphatic heterocycles. The predicted molar refractivity (Wildman–Crippen MR) is 68.1 cm³/mol. The molecule has 98 valence electrons. The minimum absolute atomic E-state index is 0.106. The molecular weight excluding hydrogens is 234 g/mol. The highest BCUT2D eigenvalue weighted by atomic mass is 16.6. The van der Waals surface area contributed by atoms with Crippen LogP contribution in [0.2, 0.25) is 0 Å². The Hall–Kier alpha value is -1.91. The van der Waals surface area contributed by atoms with Crippen molar-refractivity contribution >= 4 is 12.0 Å². The van der Waals surface area contributed by atoms with Gasteiger partial charge in [0.25, 0.3) is 5.69 Å². The minimum Gasteiger partial charge on any atom is -0.493 e. The van der Waals surface area contributed by atoms with Crippen LogP contribution >= 0.6 is 0 Å². The zero-order chi connectivity index (χ0) is 13.5. The number of carbonyl (C=O) groups is 1. The van der Waals surface area contributed by atoms with Crippen molar-refractivity contribution in [2.24, 2.45) is 5.92 Å². The number of hydrogen-bond donors (Lipinski definition) is 0. The molecule has 0 amide bonds. The van der Waals surface area contributed by atoms with Crippen molar-refractivity contribution in [1.29, 1.82) is 0 Å². The van der Waals surface area contributed by atoms with E-state index in [1.54, 1.807) is 0 Å². The maximum atomic E-state index is 10.9. The maximum absolute atomic E-state index is 10.9. The summed E-state index contributed by atoms with van der Waals surface area (Å²) in [5, 5.41) is 10.6. The number of nitro groups is 1. The maximum Gasteiger partial charge on any atom is 0.270 e. The van der Waals surface area contributed by atoms with E-state index in [0.29, 0.717) is 24.6 Å². The van der Waals surface area contributed by atoms with Gasteiger partial charge in [-0.05, 0) is 18.4 Å². The van der Waals surface area contributed by atoms with Gasteiger partial charge in [0.15, 0.2) is 6.29 Å². The summed E-state index contributed by atoms with van der Waals surface area (Å²) in [4.78, 5) is 20.9. The van der Waals surface area contributed by atoms with E-state index >= 15 is 0 Å². The van der Waals surface area contributed by atoms with Crippen LogP contribution < -0.4 is 4.74 Å². The van der Waals surface area contributed by atoms with Crippen LogP contribution in [-0.4, -0.2) is 17.8 Å². The molecule has 0 saturated heterocycles. The monoisotopic (exact) mass is 251 g/mol. The molecule has 0 aromatic heterocycles. The molecule has 0 saturated carbocycles. The summed E-state index contributed by atoms with van der Waals surface area (Å²) in [6.45, 7) is 4.67. The van der Waals surface area contributed by atoms with Crippen LogP contribution in [0.25, 0.3) is 0 Å². The molecule has 0 fully saturated rings. The second-order valence-electron chi connectivity index (χ2n) is 4.30. The third-order valence-corrected chi connectivity index (χ3v) is 2.64. The Morgan fingerprint density at radius 3 is 2.78 bits per heavy atom. The first-order chi connectivity index (χ1) is 8.58. The zero-order valence-corrected chi connectivity index (χ0v) is 10.6. The third-order valence-electron chi connectivity index (χ3n) is 2.64. The molecule has 5 heteroatoms. The number of ether oxygens (including phenoxy) is 1. The fourth-order valence-electron chi connectivity index (χ4n) is 1.68. The van der Waals surface area contributed by atoms with Crippen molar-refractivity contribution in [3.8, 4) is 5.75 Å². The second kappa shape index (κ2) is 6.74. The van der Waals surface area contributed by atoms with Crippen LogP contribution in [0, 0.1) is 16.0 Å². The molecule has 1 aromatic rings. The van der Waals surface area contributed by atoms with Crippen molar-refractivity contribution in [3.63, 3.8) is 0 Å². The first kappa shape index (κ1) is 14.2. The zero-order valence-electron chi connectivity index (χ0n) is 10.6. The summed E-state index contributed by atoms with van der Waals surface area (Å²) in [6, 6.07) is 4.04. The van der Waals surface area contributed by atoms with Gasteiger partial charge in [0.1, 0.15) is 5.75 Å². The molecule has 0 N–H and O–H groups in total. The van der Waals surface area contributed by atoms with Crippen LogP contribution in [-0.2, 0) is 0 Å². The number of rotatable bonds is 7. The van der Waals surface area contributed by atoms with Crippen molar-refractivity contribution < 1.29 is 14.5 Å². The van der Waals surface area contributed by atoms with Gasteiger partial charge in [0.2, 0.25) is 0 Å². The van der Waals surface area contributed by atoms with Gasteiger partial charge in [0, 0.05) is 12.1 Å². The summed E-state index contributed by atoms with van der Waals surface area (Å²) in [6.07, 6.45) is 2.70. The average molecular weight is 251 g/mol. The number of aldehydes is 1. The van der Waals surface area contributed by atoms with E-state index in [0.717, 1.165) is 12.8 Å². The Morgan fingerprint density at radius 2 is 2.22 bits per heavy atom.